The summed E-state index contributed by atoms with van der Waals surface area (Å²) in [7, 11) is 0. The van der Waals surface area contributed by atoms with Crippen LogP contribution in [0, 0.1) is 5.92 Å². The number of benzene rings is 1. The lowest BCUT2D eigenvalue weighted by atomic mass is 9.97. The molecule has 0 atom stereocenters. The molecule has 0 radical (unpaired) electrons. The molecule has 0 spiro atoms. The molecule has 118 valence electrons. The number of rotatable bonds is 3. The van der Waals surface area contributed by atoms with Crippen LogP contribution in [0.1, 0.15) is 12.8 Å². The quantitative estimate of drug-likeness (QED) is 0.804. The number of phenolic OH excluding ortho intramolecular Hbond substituents is 1. The van der Waals surface area contributed by atoms with E-state index in [0.29, 0.717) is 5.13 Å². The van der Waals surface area contributed by atoms with Gasteiger partial charge in [-0.05, 0) is 50.2 Å². The van der Waals surface area contributed by atoms with Gasteiger partial charge in [-0.1, -0.05) is 0 Å². The zero-order chi connectivity index (χ0) is 14.7. The van der Waals surface area contributed by atoms with Crippen molar-refractivity contribution in [2.75, 3.05) is 18.4 Å². The van der Waals surface area contributed by atoms with Crippen LogP contribution < -0.4 is 10.6 Å². The summed E-state index contributed by atoms with van der Waals surface area (Å²) in [6.45, 7) is 1.80. The third kappa shape index (κ3) is 3.97. The average molecular weight is 340 g/mol. The molecule has 1 aromatic carbocycles. The third-order valence-corrected chi connectivity index (χ3v) is 4.37. The Hall–Kier alpha value is -1.63. The van der Waals surface area contributed by atoms with Gasteiger partial charge in [0.05, 0.1) is 5.69 Å². The van der Waals surface area contributed by atoms with E-state index in [9.17, 15) is 9.90 Å². The van der Waals surface area contributed by atoms with Gasteiger partial charge < -0.3 is 15.7 Å². The Morgan fingerprint density at radius 1 is 1.27 bits per heavy atom. The first-order valence-electron chi connectivity index (χ1n) is 6.99. The number of aromatic nitrogens is 1. The van der Waals surface area contributed by atoms with Crippen molar-refractivity contribution >= 4 is 34.8 Å². The summed E-state index contributed by atoms with van der Waals surface area (Å²) in [6, 6.07) is 6.87. The Labute approximate surface area is 139 Å². The van der Waals surface area contributed by atoms with Crippen LogP contribution in [0.5, 0.6) is 5.75 Å². The van der Waals surface area contributed by atoms with Gasteiger partial charge in [0.15, 0.2) is 5.13 Å². The van der Waals surface area contributed by atoms with Crippen molar-refractivity contribution in [2.45, 2.75) is 12.8 Å². The molecule has 1 aliphatic rings. The number of phenols is 1. The maximum absolute atomic E-state index is 12.2. The number of hydrogen-bond acceptors (Lipinski definition) is 5. The molecule has 0 bridgehead atoms. The number of anilines is 1. The second-order valence-corrected chi connectivity index (χ2v) is 5.96. The van der Waals surface area contributed by atoms with Crippen LogP contribution in [0.3, 0.4) is 0 Å². The Morgan fingerprint density at radius 3 is 2.64 bits per heavy atom. The van der Waals surface area contributed by atoms with Gasteiger partial charge in [-0.3, -0.25) is 4.79 Å². The number of aromatic hydroxyl groups is 1. The van der Waals surface area contributed by atoms with Gasteiger partial charge in [0.2, 0.25) is 5.91 Å². The SMILES string of the molecule is Cl.O=C(Nc1nc(-c2ccc(O)cc2)cs1)C1CCNCC1. The Balaban J connectivity index is 0.00000176. The molecule has 2 aromatic rings. The van der Waals surface area contributed by atoms with Gasteiger partial charge in [-0.2, -0.15) is 0 Å². The lowest BCUT2D eigenvalue weighted by Crippen LogP contribution is -2.34. The standard InChI is InChI=1S/C15H17N3O2S.ClH/c19-12-3-1-10(2-4-12)13-9-21-15(17-13)18-14(20)11-5-7-16-8-6-11;/h1-4,9,11,16,19H,5-8H2,(H,17,18,20);1H. The molecule has 0 unspecified atom stereocenters. The minimum absolute atomic E-state index is 0. The molecule has 3 N–H and O–H groups in total. The zero-order valence-corrected chi connectivity index (χ0v) is 13.5. The predicted molar refractivity (Wildman–Crippen MR) is 90.7 cm³/mol. The van der Waals surface area contributed by atoms with E-state index in [1.807, 2.05) is 17.5 Å². The highest BCUT2D eigenvalue weighted by atomic mass is 35.5. The molecule has 0 saturated carbocycles. The summed E-state index contributed by atoms with van der Waals surface area (Å²) in [5.74, 6) is 0.365. The second-order valence-electron chi connectivity index (χ2n) is 5.10. The van der Waals surface area contributed by atoms with Crippen molar-refractivity contribution in [3.8, 4) is 17.0 Å². The van der Waals surface area contributed by atoms with Gasteiger partial charge in [0, 0.05) is 16.9 Å². The van der Waals surface area contributed by atoms with E-state index >= 15 is 0 Å². The Morgan fingerprint density at radius 2 is 1.95 bits per heavy atom. The molecule has 0 aliphatic carbocycles. The predicted octanol–water partition coefficient (Wildman–Crippen LogP) is 2.88. The smallest absolute Gasteiger partial charge is 0.229 e. The highest BCUT2D eigenvalue weighted by molar-refractivity contribution is 7.14. The summed E-state index contributed by atoms with van der Waals surface area (Å²) >= 11 is 1.42. The fourth-order valence-corrected chi connectivity index (χ4v) is 3.11. The van der Waals surface area contributed by atoms with Crippen LogP contribution in [0.15, 0.2) is 29.6 Å². The molecule has 1 aromatic heterocycles. The lowest BCUT2D eigenvalue weighted by molar-refractivity contribution is -0.120. The maximum Gasteiger partial charge on any atom is 0.229 e. The summed E-state index contributed by atoms with van der Waals surface area (Å²) in [5.41, 5.74) is 1.73. The molecular weight excluding hydrogens is 322 g/mol. The van der Waals surface area contributed by atoms with E-state index in [-0.39, 0.29) is 30.0 Å². The second kappa shape index (κ2) is 7.58. The molecular formula is C15H18ClN3O2S. The van der Waals surface area contributed by atoms with Gasteiger partial charge in [-0.25, -0.2) is 4.98 Å². The lowest BCUT2D eigenvalue weighted by Gasteiger charge is -2.20. The highest BCUT2D eigenvalue weighted by Crippen LogP contribution is 2.26. The number of nitrogens with one attached hydrogen (secondary N) is 2. The number of thiazole rings is 1. The maximum atomic E-state index is 12.2. The topological polar surface area (TPSA) is 74.2 Å². The van der Waals surface area contributed by atoms with Gasteiger partial charge >= 0.3 is 0 Å². The zero-order valence-electron chi connectivity index (χ0n) is 11.9. The number of amides is 1. The van der Waals surface area contributed by atoms with Crippen molar-refractivity contribution in [3.05, 3.63) is 29.6 Å². The van der Waals surface area contributed by atoms with Gasteiger partial charge in [-0.15, -0.1) is 23.7 Å². The average Bonchev–Trinajstić information content (AvgIpc) is 2.97. The minimum Gasteiger partial charge on any atom is -0.508 e. The largest absolute Gasteiger partial charge is 0.508 e. The van der Waals surface area contributed by atoms with E-state index in [1.165, 1.54) is 11.3 Å². The van der Waals surface area contributed by atoms with Crippen LogP contribution >= 0.6 is 23.7 Å². The first kappa shape index (κ1) is 16.7. The van der Waals surface area contributed by atoms with E-state index in [0.717, 1.165) is 37.2 Å². The molecule has 2 heterocycles. The molecule has 1 fully saturated rings. The molecule has 5 nitrogen and oxygen atoms in total. The van der Waals surface area contributed by atoms with Crippen molar-refractivity contribution in [1.82, 2.24) is 10.3 Å². The monoisotopic (exact) mass is 339 g/mol. The van der Waals surface area contributed by atoms with Crippen LogP contribution in [0.2, 0.25) is 0 Å². The van der Waals surface area contributed by atoms with E-state index < -0.39 is 0 Å². The van der Waals surface area contributed by atoms with E-state index in [4.69, 9.17) is 0 Å². The summed E-state index contributed by atoms with van der Waals surface area (Å²) in [4.78, 5) is 16.6. The molecule has 1 saturated heterocycles. The first-order chi connectivity index (χ1) is 10.2. The molecule has 1 amide bonds. The molecule has 1 aliphatic heterocycles. The fraction of sp³-hybridized carbons (Fsp3) is 0.333. The van der Waals surface area contributed by atoms with Crippen LogP contribution in [0.4, 0.5) is 5.13 Å². The Kier molecular flexibility index (Phi) is 5.76. The van der Waals surface area contributed by atoms with Crippen molar-refractivity contribution in [3.63, 3.8) is 0 Å². The summed E-state index contributed by atoms with van der Waals surface area (Å²) in [5, 5.41) is 18.0. The van der Waals surface area contributed by atoms with E-state index in [2.05, 4.69) is 15.6 Å². The van der Waals surface area contributed by atoms with Crippen LogP contribution in [-0.4, -0.2) is 29.1 Å². The van der Waals surface area contributed by atoms with Gasteiger partial charge in [0.1, 0.15) is 5.75 Å². The number of piperidine rings is 1. The van der Waals surface area contributed by atoms with E-state index in [1.54, 1.807) is 12.1 Å². The number of halogens is 1. The summed E-state index contributed by atoms with van der Waals surface area (Å²) < 4.78 is 0. The molecule has 3 rings (SSSR count). The highest BCUT2D eigenvalue weighted by Gasteiger charge is 2.21. The van der Waals surface area contributed by atoms with Gasteiger partial charge in [0.25, 0.3) is 0 Å². The minimum atomic E-state index is 0. The number of nitrogens with zero attached hydrogens (tertiary/aromatic N) is 1. The Bertz CT molecular complexity index is 624. The number of carbonyl (C=O) groups excluding carboxylic acids is 1. The van der Waals surface area contributed by atoms with Crippen molar-refractivity contribution in [1.29, 1.82) is 0 Å². The summed E-state index contributed by atoms with van der Waals surface area (Å²) in [6.07, 6.45) is 1.75. The number of carbonyl (C=O) groups is 1. The molecule has 22 heavy (non-hydrogen) atoms. The normalized spacial score (nSPS) is 15.1. The van der Waals surface area contributed by atoms with Crippen LogP contribution in [0.25, 0.3) is 11.3 Å². The third-order valence-electron chi connectivity index (χ3n) is 3.61. The fourth-order valence-electron chi connectivity index (χ4n) is 2.39. The first-order valence-corrected chi connectivity index (χ1v) is 7.87. The molecule has 7 heteroatoms. The van der Waals surface area contributed by atoms with Crippen LogP contribution in [-0.2, 0) is 4.79 Å². The van der Waals surface area contributed by atoms with Crippen molar-refractivity contribution < 1.29 is 9.90 Å². The number of hydrogen-bond donors (Lipinski definition) is 3. The van der Waals surface area contributed by atoms with Crippen molar-refractivity contribution in [2.24, 2.45) is 5.92 Å².